The van der Waals surface area contributed by atoms with E-state index < -0.39 is 11.4 Å². The Morgan fingerprint density at radius 3 is 2.24 bits per heavy atom. The van der Waals surface area contributed by atoms with E-state index in [1.807, 2.05) is 0 Å². The van der Waals surface area contributed by atoms with Gasteiger partial charge in [0, 0.05) is 5.57 Å². The summed E-state index contributed by atoms with van der Waals surface area (Å²) in [5.41, 5.74) is 2.07. The minimum absolute atomic E-state index is 0.239. The quantitative estimate of drug-likeness (QED) is 0.594. The van der Waals surface area contributed by atoms with Crippen molar-refractivity contribution in [3.8, 4) is 0 Å². The first kappa shape index (κ1) is 13.7. The second kappa shape index (κ2) is 5.34. The van der Waals surface area contributed by atoms with Crippen molar-refractivity contribution < 1.29 is 14.4 Å². The van der Waals surface area contributed by atoms with Crippen LogP contribution in [-0.4, -0.2) is 11.9 Å². The third-order valence-electron chi connectivity index (χ3n) is 2.99. The topological polar surface area (TPSA) is 55.4 Å². The van der Waals surface area contributed by atoms with Gasteiger partial charge >= 0.3 is 5.97 Å². The van der Waals surface area contributed by atoms with Crippen LogP contribution in [0.1, 0.15) is 46.5 Å². The summed E-state index contributed by atoms with van der Waals surface area (Å²) in [5.74, 6) is -0.595. The maximum Gasteiger partial charge on any atom is 0.337 e. The highest BCUT2D eigenvalue weighted by Gasteiger charge is 2.26. The number of carbonyl (C=O) groups is 2. The zero-order valence-corrected chi connectivity index (χ0v) is 10.8. The molecule has 0 bridgehead atoms. The van der Waals surface area contributed by atoms with E-state index in [1.165, 1.54) is 0 Å². The first-order chi connectivity index (χ1) is 7.82. The molecule has 17 heavy (non-hydrogen) atoms. The largest absolute Gasteiger partial charge is 0.340 e. The number of rotatable bonds is 2. The van der Waals surface area contributed by atoms with Crippen molar-refractivity contribution in [1.82, 2.24) is 5.48 Å². The minimum atomic E-state index is -0.623. The lowest BCUT2D eigenvalue weighted by atomic mass is 9.97. The van der Waals surface area contributed by atoms with E-state index in [4.69, 9.17) is 4.84 Å². The van der Waals surface area contributed by atoms with Crippen LogP contribution in [0.25, 0.3) is 0 Å². The second-order valence-electron chi connectivity index (χ2n) is 5.58. The number of hydrogen-bond donors (Lipinski definition) is 1. The molecule has 1 rings (SSSR count). The Balaban J connectivity index is 2.39. The number of amides is 1. The molecule has 1 saturated carbocycles. The molecule has 0 aromatic rings. The maximum absolute atomic E-state index is 11.7. The van der Waals surface area contributed by atoms with Crippen molar-refractivity contribution in [1.29, 1.82) is 0 Å². The van der Waals surface area contributed by atoms with Crippen LogP contribution in [-0.2, 0) is 14.4 Å². The van der Waals surface area contributed by atoms with Gasteiger partial charge in [-0.3, -0.25) is 4.79 Å². The molecular formula is C13H21NO3. The highest BCUT2D eigenvalue weighted by atomic mass is 16.7. The predicted octanol–water partition coefficient (Wildman–Crippen LogP) is 2.35. The fourth-order valence-corrected chi connectivity index (χ4v) is 1.77. The summed E-state index contributed by atoms with van der Waals surface area (Å²) in [6.45, 7) is 8.96. The van der Waals surface area contributed by atoms with Gasteiger partial charge in [-0.1, -0.05) is 19.4 Å². The second-order valence-corrected chi connectivity index (χ2v) is 5.58. The lowest BCUT2D eigenvalue weighted by molar-refractivity contribution is -0.165. The van der Waals surface area contributed by atoms with Gasteiger partial charge in [0.05, 0.1) is 5.41 Å². The van der Waals surface area contributed by atoms with Gasteiger partial charge in [-0.05, 0) is 39.5 Å². The summed E-state index contributed by atoms with van der Waals surface area (Å²) >= 11 is 0. The van der Waals surface area contributed by atoms with Crippen molar-refractivity contribution in [2.45, 2.75) is 46.5 Å². The van der Waals surface area contributed by atoms with Crippen molar-refractivity contribution in [3.63, 3.8) is 0 Å². The van der Waals surface area contributed by atoms with E-state index in [2.05, 4.69) is 12.1 Å². The van der Waals surface area contributed by atoms with Crippen LogP contribution in [0.15, 0.2) is 12.2 Å². The molecule has 1 aliphatic carbocycles. The van der Waals surface area contributed by atoms with Crippen molar-refractivity contribution in [3.05, 3.63) is 12.2 Å². The molecule has 0 radical (unpaired) electrons. The van der Waals surface area contributed by atoms with Crippen LogP contribution in [0, 0.1) is 11.3 Å². The van der Waals surface area contributed by atoms with Gasteiger partial charge in [0.15, 0.2) is 0 Å². The summed E-state index contributed by atoms with van der Waals surface area (Å²) < 4.78 is 0. The van der Waals surface area contributed by atoms with Crippen molar-refractivity contribution in [2.75, 3.05) is 0 Å². The fourth-order valence-electron chi connectivity index (χ4n) is 1.77. The van der Waals surface area contributed by atoms with E-state index >= 15 is 0 Å². The van der Waals surface area contributed by atoms with Gasteiger partial charge in [0.2, 0.25) is 0 Å². The fraction of sp³-hybridized carbons (Fsp3) is 0.692. The first-order valence-electron chi connectivity index (χ1n) is 6.03. The number of hydroxylamine groups is 1. The van der Waals surface area contributed by atoms with Crippen LogP contribution >= 0.6 is 0 Å². The van der Waals surface area contributed by atoms with E-state index in [1.54, 1.807) is 20.8 Å². The van der Waals surface area contributed by atoms with Gasteiger partial charge in [0.1, 0.15) is 0 Å². The monoisotopic (exact) mass is 239 g/mol. The molecule has 1 amide bonds. The Bertz CT molecular complexity index is 322. The van der Waals surface area contributed by atoms with Gasteiger partial charge in [-0.2, -0.15) is 5.48 Å². The number of hydrogen-bond acceptors (Lipinski definition) is 3. The molecule has 1 N–H and O–H groups in total. The van der Waals surface area contributed by atoms with Crippen LogP contribution < -0.4 is 5.48 Å². The summed E-state index contributed by atoms with van der Waals surface area (Å²) in [6, 6.07) is 0. The Hall–Kier alpha value is -1.32. The molecule has 0 spiro atoms. The highest BCUT2D eigenvalue weighted by Crippen LogP contribution is 2.30. The molecule has 0 atom stereocenters. The van der Waals surface area contributed by atoms with Crippen LogP contribution in [0.3, 0.4) is 0 Å². The molecule has 0 aromatic carbocycles. The molecule has 0 aromatic heterocycles. The van der Waals surface area contributed by atoms with Crippen LogP contribution in [0.5, 0.6) is 0 Å². The molecule has 4 nitrogen and oxygen atoms in total. The van der Waals surface area contributed by atoms with Crippen molar-refractivity contribution in [2.24, 2.45) is 11.3 Å². The average Bonchev–Trinajstić information content (AvgIpc) is 2.76. The zero-order valence-electron chi connectivity index (χ0n) is 10.8. The summed E-state index contributed by atoms with van der Waals surface area (Å²) in [4.78, 5) is 27.9. The van der Waals surface area contributed by atoms with Crippen molar-refractivity contribution >= 4 is 11.9 Å². The molecule has 0 saturated heterocycles. The number of carbonyl (C=O) groups excluding carboxylic acids is 2. The molecule has 96 valence electrons. The third kappa shape index (κ3) is 3.88. The van der Waals surface area contributed by atoms with Crippen LogP contribution in [0.2, 0.25) is 0 Å². The van der Waals surface area contributed by atoms with Gasteiger partial charge in [-0.25, -0.2) is 4.79 Å². The maximum atomic E-state index is 11.7. The summed E-state index contributed by atoms with van der Waals surface area (Å²) in [7, 11) is 0. The Kier molecular flexibility index (Phi) is 4.32. The molecule has 0 aliphatic heterocycles. The number of nitrogens with one attached hydrogen (secondary N) is 1. The minimum Gasteiger partial charge on any atom is -0.340 e. The molecule has 1 fully saturated rings. The lowest BCUT2D eigenvalue weighted by Crippen LogP contribution is -2.34. The Labute approximate surface area is 102 Å². The Morgan fingerprint density at radius 1 is 1.24 bits per heavy atom. The highest BCUT2D eigenvalue weighted by molar-refractivity contribution is 5.93. The van der Waals surface area contributed by atoms with E-state index in [0.717, 1.165) is 25.7 Å². The predicted molar refractivity (Wildman–Crippen MR) is 64.8 cm³/mol. The smallest absolute Gasteiger partial charge is 0.337 e. The lowest BCUT2D eigenvalue weighted by Gasteiger charge is -2.17. The zero-order chi connectivity index (χ0) is 13.1. The van der Waals surface area contributed by atoms with Gasteiger partial charge in [0.25, 0.3) is 5.91 Å². The molecule has 0 heterocycles. The van der Waals surface area contributed by atoms with Gasteiger partial charge in [-0.15, -0.1) is 0 Å². The normalized spacial score (nSPS) is 16.6. The van der Waals surface area contributed by atoms with Crippen LogP contribution in [0.4, 0.5) is 0 Å². The summed E-state index contributed by atoms with van der Waals surface area (Å²) in [5, 5.41) is 0. The molecular weight excluding hydrogens is 218 g/mol. The Morgan fingerprint density at radius 2 is 1.76 bits per heavy atom. The summed E-state index contributed by atoms with van der Waals surface area (Å²) in [6.07, 6.45) is 4.27. The SMILES string of the molecule is C=C(C(=O)NOC(=O)C(C)(C)C)C1CCCC1. The standard InChI is InChI=1S/C13H21NO3/c1-9(10-7-5-6-8-10)11(15)14-17-12(16)13(2,3)4/h10H,1,5-8H2,2-4H3,(H,14,15). The van der Waals surface area contributed by atoms with E-state index in [9.17, 15) is 9.59 Å². The van der Waals surface area contributed by atoms with E-state index in [0.29, 0.717) is 5.57 Å². The van der Waals surface area contributed by atoms with Gasteiger partial charge < -0.3 is 4.84 Å². The molecule has 1 aliphatic rings. The first-order valence-corrected chi connectivity index (χ1v) is 6.03. The third-order valence-corrected chi connectivity index (χ3v) is 2.99. The average molecular weight is 239 g/mol. The molecule has 0 unspecified atom stereocenters. The molecule has 4 heteroatoms. The van der Waals surface area contributed by atoms with E-state index in [-0.39, 0.29) is 11.8 Å².